The van der Waals surface area contributed by atoms with Crippen molar-refractivity contribution in [3.05, 3.63) is 150 Å². The lowest BCUT2D eigenvalue weighted by Crippen LogP contribution is -2.52. The van der Waals surface area contributed by atoms with E-state index in [0.717, 1.165) is 20.3 Å². The van der Waals surface area contributed by atoms with Crippen molar-refractivity contribution >= 4 is 66.6 Å². The summed E-state index contributed by atoms with van der Waals surface area (Å²) in [5.74, 6) is -1.59. The SMILES string of the molecule is Cc1c(-c2ncco2)sc2c1c(=O)n(C(C)(C)C(=O)O)c(=O)n2CC(OC1CCC(=O)CC1)c1ccccc1.Cc1c(-c2ncco2)sc2c1c(=O)n(C(C)(C)C(=O)O)c(=O)n2C[C@H](OC1CCC(=O)CC1)c1ccccc1. The molecular formula is C56H58N6O14S2. The number of fused-ring (bicyclic) bond motifs is 2. The Labute approximate surface area is 453 Å². The van der Waals surface area contributed by atoms with Crippen LogP contribution in [-0.2, 0) is 52.8 Å². The quantitative estimate of drug-likeness (QED) is 0.0917. The highest BCUT2D eigenvalue weighted by Gasteiger charge is 2.38. The Kier molecular flexibility index (Phi) is 15.8. The highest BCUT2D eigenvalue weighted by molar-refractivity contribution is 7.22. The van der Waals surface area contributed by atoms with Crippen molar-refractivity contribution in [1.82, 2.24) is 28.2 Å². The van der Waals surface area contributed by atoms with Crippen molar-refractivity contribution in [3.8, 4) is 21.5 Å². The van der Waals surface area contributed by atoms with Crippen LogP contribution in [0.25, 0.3) is 42.0 Å². The van der Waals surface area contributed by atoms with Crippen LogP contribution in [0.3, 0.4) is 0 Å². The summed E-state index contributed by atoms with van der Waals surface area (Å²) in [5.41, 5.74) is -3.74. The van der Waals surface area contributed by atoms with Crippen LogP contribution in [0.5, 0.6) is 0 Å². The maximum Gasteiger partial charge on any atom is 0.333 e. The van der Waals surface area contributed by atoms with E-state index in [1.165, 1.54) is 84.4 Å². The zero-order chi connectivity index (χ0) is 55.8. The molecule has 0 amide bonds. The number of carboxylic acids is 2. The number of carbonyl (C=O) groups excluding carboxylic acids is 2. The molecule has 0 bridgehead atoms. The molecular weight excluding hydrogens is 1040 g/mol. The van der Waals surface area contributed by atoms with Gasteiger partial charge in [-0.15, -0.1) is 22.7 Å². The van der Waals surface area contributed by atoms with Crippen molar-refractivity contribution in [2.24, 2.45) is 0 Å². The van der Waals surface area contributed by atoms with Crippen LogP contribution in [0, 0.1) is 13.8 Å². The van der Waals surface area contributed by atoms with E-state index in [-0.39, 0.29) is 47.6 Å². The summed E-state index contributed by atoms with van der Waals surface area (Å²) in [7, 11) is 0. The van der Waals surface area contributed by atoms with Crippen molar-refractivity contribution < 1.29 is 47.7 Å². The molecule has 0 aliphatic heterocycles. The molecule has 0 spiro atoms. The third-order valence-electron chi connectivity index (χ3n) is 14.6. The number of oxazole rings is 2. The maximum absolute atomic E-state index is 14.0. The molecule has 2 saturated carbocycles. The number of aliphatic carboxylic acids is 2. The third kappa shape index (κ3) is 10.7. The van der Waals surface area contributed by atoms with Gasteiger partial charge in [0.05, 0.1) is 58.2 Å². The second-order valence-corrected chi connectivity index (χ2v) is 22.5. The molecule has 2 aliphatic carbocycles. The first kappa shape index (κ1) is 55.1. The van der Waals surface area contributed by atoms with E-state index < -0.39 is 57.7 Å². The average Bonchev–Trinajstić information content (AvgIpc) is 4.45. The lowest BCUT2D eigenvalue weighted by molar-refractivity contribution is -0.146. The molecule has 6 heterocycles. The number of thiophene rings is 2. The summed E-state index contributed by atoms with van der Waals surface area (Å²) in [4.78, 5) is 114. The van der Waals surface area contributed by atoms with Gasteiger partial charge in [-0.25, -0.2) is 38.3 Å². The normalized spacial score (nSPS) is 15.6. The molecule has 2 N–H and O–H groups in total. The number of aryl methyl sites for hydroxylation is 2. The lowest BCUT2D eigenvalue weighted by Gasteiger charge is -2.29. The fraction of sp³-hybridized carbons (Fsp3) is 0.393. The van der Waals surface area contributed by atoms with Gasteiger partial charge in [-0.1, -0.05) is 60.7 Å². The Balaban J connectivity index is 0.000000190. The fourth-order valence-corrected chi connectivity index (χ4v) is 12.4. The van der Waals surface area contributed by atoms with E-state index in [2.05, 4.69) is 9.97 Å². The van der Waals surface area contributed by atoms with Crippen molar-refractivity contribution in [2.45, 2.75) is 141 Å². The van der Waals surface area contributed by atoms with Crippen LogP contribution in [0.2, 0.25) is 0 Å². The molecule has 78 heavy (non-hydrogen) atoms. The number of rotatable bonds is 16. The number of aromatic nitrogens is 6. The largest absolute Gasteiger partial charge is 0.480 e. The molecule has 20 nitrogen and oxygen atoms in total. The van der Waals surface area contributed by atoms with Gasteiger partial charge in [-0.3, -0.25) is 28.3 Å². The zero-order valence-electron chi connectivity index (χ0n) is 43.8. The molecule has 0 radical (unpaired) electrons. The van der Waals surface area contributed by atoms with Crippen molar-refractivity contribution in [3.63, 3.8) is 0 Å². The number of hydrogen-bond acceptors (Lipinski definition) is 16. The molecule has 1 unspecified atom stereocenters. The first-order valence-electron chi connectivity index (χ1n) is 25.5. The van der Waals surface area contributed by atoms with Gasteiger partial charge in [0.25, 0.3) is 11.1 Å². The van der Waals surface area contributed by atoms with Gasteiger partial charge < -0.3 is 28.5 Å². The Morgan fingerprint density at radius 2 is 0.949 bits per heavy atom. The van der Waals surface area contributed by atoms with Gasteiger partial charge in [0, 0.05) is 25.7 Å². The lowest BCUT2D eigenvalue weighted by atomic mass is 9.96. The second-order valence-electron chi connectivity index (χ2n) is 20.5. The minimum Gasteiger partial charge on any atom is -0.480 e. The highest BCUT2D eigenvalue weighted by Crippen LogP contribution is 2.39. The smallest absolute Gasteiger partial charge is 0.333 e. The van der Waals surface area contributed by atoms with Crippen LogP contribution < -0.4 is 22.5 Å². The Bertz CT molecular complexity index is 3520. The summed E-state index contributed by atoms with van der Waals surface area (Å²) in [6, 6.07) is 18.9. The molecule has 0 saturated heterocycles. The first-order chi connectivity index (χ1) is 37.2. The Morgan fingerprint density at radius 1 is 0.603 bits per heavy atom. The van der Waals surface area contributed by atoms with Gasteiger partial charge in [0.1, 0.15) is 57.0 Å². The van der Waals surface area contributed by atoms with Crippen LogP contribution >= 0.6 is 22.7 Å². The summed E-state index contributed by atoms with van der Waals surface area (Å²) in [6.45, 7) is 8.85. The second kappa shape index (κ2) is 22.4. The maximum atomic E-state index is 14.0. The van der Waals surface area contributed by atoms with Gasteiger partial charge in [0.15, 0.2) is 0 Å². The number of Topliss-reactive ketones (excluding diaryl/α,β-unsaturated/α-hetero) is 2. The van der Waals surface area contributed by atoms with Crippen LogP contribution in [0.4, 0.5) is 0 Å². The van der Waals surface area contributed by atoms with Crippen LogP contribution in [-0.4, -0.2) is 74.2 Å². The number of ether oxygens (including phenoxy) is 2. The Hall–Kier alpha value is -7.66. The Morgan fingerprint density at radius 3 is 1.26 bits per heavy atom. The number of benzene rings is 2. The molecule has 2 fully saturated rings. The first-order valence-corrected chi connectivity index (χ1v) is 27.1. The van der Waals surface area contributed by atoms with Crippen molar-refractivity contribution in [1.29, 1.82) is 0 Å². The van der Waals surface area contributed by atoms with Crippen molar-refractivity contribution in [2.75, 3.05) is 0 Å². The average molecular weight is 1100 g/mol. The van der Waals surface area contributed by atoms with E-state index in [9.17, 15) is 48.6 Å². The summed E-state index contributed by atoms with van der Waals surface area (Å²) in [6.07, 6.45) is 8.43. The van der Waals surface area contributed by atoms with Gasteiger partial charge in [-0.05, 0) is 89.5 Å². The number of ketones is 2. The number of carbonyl (C=O) groups is 4. The summed E-state index contributed by atoms with van der Waals surface area (Å²) < 4.78 is 28.5. The van der Waals surface area contributed by atoms with E-state index >= 15 is 0 Å². The van der Waals surface area contributed by atoms with Crippen LogP contribution in [0.15, 0.2) is 114 Å². The molecule has 10 rings (SSSR count). The zero-order valence-corrected chi connectivity index (χ0v) is 45.4. The number of nitrogens with zero attached hydrogens (tertiary/aromatic N) is 6. The van der Waals surface area contributed by atoms with E-state index in [1.54, 1.807) is 13.8 Å². The number of hydrogen-bond donors (Lipinski definition) is 2. The topological polar surface area (TPSA) is 267 Å². The minimum atomic E-state index is -1.81. The van der Waals surface area contributed by atoms with E-state index in [0.29, 0.717) is 93.7 Å². The summed E-state index contributed by atoms with van der Waals surface area (Å²) >= 11 is 2.39. The minimum absolute atomic E-state index is 0.0325. The standard InChI is InChI=1S/2C28H29N3O7S/c2*1-16-21-24(33)31(28(2,3)26(34)35)27(36)30(25(21)39-22(16)23-29-13-14-37-23)15-20(17-7-5-4-6-8-17)38-19-11-9-18(32)10-12-19/h2*4-8,13-14,19-20H,9-12,15H2,1-3H3,(H,34,35)/t20-;/m0./s1. The fourth-order valence-electron chi connectivity index (χ4n) is 9.96. The third-order valence-corrected chi connectivity index (χ3v) is 17.2. The predicted molar refractivity (Wildman–Crippen MR) is 290 cm³/mol. The molecule has 6 aromatic heterocycles. The van der Waals surface area contributed by atoms with Gasteiger partial charge >= 0.3 is 23.3 Å². The molecule has 2 atom stereocenters. The van der Waals surface area contributed by atoms with Crippen LogP contribution in [0.1, 0.15) is 114 Å². The summed E-state index contributed by atoms with van der Waals surface area (Å²) in [5, 5.41) is 20.4. The monoisotopic (exact) mass is 1100 g/mol. The number of carboxylic acid groups (broad SMARTS) is 2. The predicted octanol–water partition coefficient (Wildman–Crippen LogP) is 8.55. The van der Waals surface area contributed by atoms with E-state index in [1.807, 2.05) is 60.7 Å². The van der Waals surface area contributed by atoms with Gasteiger partial charge in [0.2, 0.25) is 11.8 Å². The highest BCUT2D eigenvalue weighted by atomic mass is 32.1. The molecule has 8 aromatic rings. The molecule has 22 heteroatoms. The van der Waals surface area contributed by atoms with E-state index in [4.69, 9.17) is 18.3 Å². The molecule has 408 valence electrons. The van der Waals surface area contributed by atoms with Gasteiger partial charge in [-0.2, -0.15) is 0 Å². The molecule has 2 aliphatic rings. The molecule has 2 aromatic carbocycles.